The molecule has 1 heterocycles. The van der Waals surface area contributed by atoms with Crippen LogP contribution in [0.2, 0.25) is 0 Å². The fourth-order valence-corrected chi connectivity index (χ4v) is 1.21. The van der Waals surface area contributed by atoms with Gasteiger partial charge in [0.15, 0.2) is 0 Å². The number of hydrogen-bond donors (Lipinski definition) is 0. The van der Waals surface area contributed by atoms with Crippen LogP contribution in [0.3, 0.4) is 0 Å². The number of rotatable bonds is 4. The van der Waals surface area contributed by atoms with E-state index in [1.165, 1.54) is 0 Å². The summed E-state index contributed by atoms with van der Waals surface area (Å²) in [4.78, 5) is 2.03. The van der Waals surface area contributed by atoms with Gasteiger partial charge in [-0.3, -0.25) is 4.90 Å². The Labute approximate surface area is 80.8 Å². The minimum Gasteiger partial charge on any atom is -0.379 e. The topological polar surface area (TPSA) is 21.7 Å². The summed E-state index contributed by atoms with van der Waals surface area (Å²) in [6, 6.07) is 0. The summed E-state index contributed by atoms with van der Waals surface area (Å²) in [5.41, 5.74) is 0. The minimum atomic E-state index is -4.22. The van der Waals surface area contributed by atoms with E-state index in [0.29, 0.717) is 19.8 Å². The highest BCUT2D eigenvalue weighted by Crippen LogP contribution is 2.14. The molecule has 0 aliphatic carbocycles. The molecule has 0 bridgehead atoms. The molecule has 0 saturated carbocycles. The number of alkyl halides is 3. The summed E-state index contributed by atoms with van der Waals surface area (Å²) >= 11 is 0. The van der Waals surface area contributed by atoms with Crippen molar-refractivity contribution in [1.29, 1.82) is 0 Å². The quantitative estimate of drug-likeness (QED) is 0.647. The first kappa shape index (κ1) is 11.7. The van der Waals surface area contributed by atoms with E-state index in [1.807, 2.05) is 4.90 Å². The summed E-state index contributed by atoms with van der Waals surface area (Å²) in [7, 11) is 0. The normalized spacial score (nSPS) is 19.9. The van der Waals surface area contributed by atoms with E-state index >= 15 is 0 Å². The first-order valence-corrected chi connectivity index (χ1v) is 4.52. The van der Waals surface area contributed by atoms with Crippen LogP contribution in [0.1, 0.15) is 0 Å². The predicted molar refractivity (Wildman–Crippen MR) is 44.1 cm³/mol. The van der Waals surface area contributed by atoms with Crippen LogP contribution >= 0.6 is 0 Å². The fourth-order valence-electron chi connectivity index (χ4n) is 1.21. The molecule has 0 N–H and O–H groups in total. The molecule has 0 atom stereocenters. The largest absolute Gasteiger partial charge is 0.411 e. The van der Waals surface area contributed by atoms with Crippen molar-refractivity contribution < 1.29 is 22.6 Å². The smallest absolute Gasteiger partial charge is 0.379 e. The molecule has 6 heteroatoms. The Morgan fingerprint density at radius 1 is 1.21 bits per heavy atom. The van der Waals surface area contributed by atoms with Gasteiger partial charge in [0.2, 0.25) is 0 Å². The number of ether oxygens (including phenoxy) is 2. The predicted octanol–water partition coefficient (Wildman–Crippen LogP) is 0.897. The van der Waals surface area contributed by atoms with Crippen molar-refractivity contribution in [2.24, 2.45) is 0 Å². The van der Waals surface area contributed by atoms with Crippen molar-refractivity contribution in [3.8, 4) is 0 Å². The van der Waals surface area contributed by atoms with Gasteiger partial charge >= 0.3 is 6.18 Å². The van der Waals surface area contributed by atoms with Gasteiger partial charge in [0, 0.05) is 19.6 Å². The molecule has 0 aromatic heterocycles. The van der Waals surface area contributed by atoms with Gasteiger partial charge in [-0.25, -0.2) is 0 Å². The van der Waals surface area contributed by atoms with Crippen molar-refractivity contribution in [2.75, 3.05) is 46.1 Å². The van der Waals surface area contributed by atoms with E-state index in [0.717, 1.165) is 13.1 Å². The first-order chi connectivity index (χ1) is 6.58. The molecule has 0 amide bonds. The highest BCUT2D eigenvalue weighted by molar-refractivity contribution is 4.61. The van der Waals surface area contributed by atoms with Crippen molar-refractivity contribution >= 4 is 0 Å². The van der Waals surface area contributed by atoms with Crippen molar-refractivity contribution in [3.63, 3.8) is 0 Å². The maximum Gasteiger partial charge on any atom is 0.411 e. The molecule has 3 nitrogen and oxygen atoms in total. The third kappa shape index (κ3) is 5.41. The molecule has 1 rings (SSSR count). The van der Waals surface area contributed by atoms with Gasteiger partial charge in [-0.1, -0.05) is 0 Å². The standard InChI is InChI=1S/C8H14F3NO2/c9-8(10,11)7-14-6-3-12-1-4-13-5-2-12/h1-7H2. The van der Waals surface area contributed by atoms with Crippen LogP contribution in [0.5, 0.6) is 0 Å². The van der Waals surface area contributed by atoms with Crippen LogP contribution in [0.4, 0.5) is 13.2 Å². The summed E-state index contributed by atoms with van der Waals surface area (Å²) < 4.78 is 44.6. The molecule has 0 radical (unpaired) electrons. The Hall–Kier alpha value is -0.330. The lowest BCUT2D eigenvalue weighted by molar-refractivity contribution is -0.175. The average Bonchev–Trinajstić information content (AvgIpc) is 2.13. The Bertz CT molecular complexity index is 157. The van der Waals surface area contributed by atoms with Gasteiger partial charge < -0.3 is 9.47 Å². The molecular formula is C8H14F3NO2. The van der Waals surface area contributed by atoms with Crippen LogP contribution in [0.15, 0.2) is 0 Å². The zero-order chi connectivity index (χ0) is 10.4. The maximum atomic E-state index is 11.7. The Balaban J connectivity index is 1.97. The zero-order valence-electron chi connectivity index (χ0n) is 7.85. The highest BCUT2D eigenvalue weighted by atomic mass is 19.4. The van der Waals surface area contributed by atoms with Gasteiger partial charge in [0.25, 0.3) is 0 Å². The van der Waals surface area contributed by atoms with Crippen molar-refractivity contribution in [2.45, 2.75) is 6.18 Å². The van der Waals surface area contributed by atoms with Crippen molar-refractivity contribution in [3.05, 3.63) is 0 Å². The molecule has 1 fully saturated rings. The lowest BCUT2D eigenvalue weighted by Gasteiger charge is -2.26. The van der Waals surface area contributed by atoms with Gasteiger partial charge in [-0.2, -0.15) is 13.2 Å². The Morgan fingerprint density at radius 3 is 2.43 bits per heavy atom. The van der Waals surface area contributed by atoms with E-state index in [2.05, 4.69) is 4.74 Å². The van der Waals surface area contributed by atoms with Crippen molar-refractivity contribution in [1.82, 2.24) is 4.90 Å². The minimum absolute atomic E-state index is 0.125. The molecule has 1 saturated heterocycles. The molecule has 0 unspecified atom stereocenters. The van der Waals surface area contributed by atoms with Crippen LogP contribution < -0.4 is 0 Å². The van der Waals surface area contributed by atoms with E-state index in [9.17, 15) is 13.2 Å². The molecule has 14 heavy (non-hydrogen) atoms. The van der Waals surface area contributed by atoms with E-state index in [1.54, 1.807) is 0 Å². The van der Waals surface area contributed by atoms with Gasteiger partial charge in [0.05, 0.1) is 19.8 Å². The number of halogens is 3. The second-order valence-electron chi connectivity index (χ2n) is 3.12. The van der Waals surface area contributed by atoms with Crippen LogP contribution in [-0.2, 0) is 9.47 Å². The maximum absolute atomic E-state index is 11.7. The SMILES string of the molecule is FC(F)(F)COCCN1CCOCC1. The lowest BCUT2D eigenvalue weighted by Crippen LogP contribution is -2.38. The third-order valence-electron chi connectivity index (χ3n) is 1.92. The molecular weight excluding hydrogens is 199 g/mol. The molecule has 1 aliphatic heterocycles. The summed E-state index contributed by atoms with van der Waals surface area (Å²) in [6.07, 6.45) is -4.22. The monoisotopic (exact) mass is 213 g/mol. The van der Waals surface area contributed by atoms with Crippen LogP contribution in [0.25, 0.3) is 0 Å². The Morgan fingerprint density at radius 2 is 1.86 bits per heavy atom. The molecule has 0 spiro atoms. The van der Waals surface area contributed by atoms with E-state index in [4.69, 9.17) is 4.74 Å². The summed E-state index contributed by atoms with van der Waals surface area (Å²) in [6.45, 7) is 2.36. The lowest BCUT2D eigenvalue weighted by atomic mass is 10.4. The van der Waals surface area contributed by atoms with Gasteiger partial charge in [-0.05, 0) is 0 Å². The molecule has 0 aromatic rings. The second-order valence-corrected chi connectivity index (χ2v) is 3.12. The van der Waals surface area contributed by atoms with Crippen LogP contribution in [0, 0.1) is 0 Å². The molecule has 84 valence electrons. The summed E-state index contributed by atoms with van der Waals surface area (Å²) in [5.74, 6) is 0. The fraction of sp³-hybridized carbons (Fsp3) is 1.00. The van der Waals surface area contributed by atoms with E-state index in [-0.39, 0.29) is 6.61 Å². The number of morpholine rings is 1. The number of nitrogens with zero attached hydrogens (tertiary/aromatic N) is 1. The third-order valence-corrected chi connectivity index (χ3v) is 1.92. The number of hydrogen-bond acceptors (Lipinski definition) is 3. The molecule has 1 aliphatic rings. The molecule has 0 aromatic carbocycles. The second kappa shape index (κ2) is 5.53. The highest BCUT2D eigenvalue weighted by Gasteiger charge is 2.27. The zero-order valence-corrected chi connectivity index (χ0v) is 7.85. The van der Waals surface area contributed by atoms with Gasteiger partial charge in [0.1, 0.15) is 6.61 Å². The van der Waals surface area contributed by atoms with E-state index < -0.39 is 12.8 Å². The first-order valence-electron chi connectivity index (χ1n) is 4.52. The van der Waals surface area contributed by atoms with Gasteiger partial charge in [-0.15, -0.1) is 0 Å². The Kier molecular flexibility index (Phi) is 4.64. The van der Waals surface area contributed by atoms with Crippen LogP contribution in [-0.4, -0.2) is 57.1 Å². The summed E-state index contributed by atoms with van der Waals surface area (Å²) in [5, 5.41) is 0. The average molecular weight is 213 g/mol.